The van der Waals surface area contributed by atoms with Gasteiger partial charge in [-0.2, -0.15) is 13.2 Å². The van der Waals surface area contributed by atoms with Gasteiger partial charge in [0.05, 0.1) is 5.56 Å². The van der Waals surface area contributed by atoms with E-state index in [1.165, 1.54) is 19.2 Å². The fourth-order valence-electron chi connectivity index (χ4n) is 2.34. The summed E-state index contributed by atoms with van der Waals surface area (Å²) in [5.74, 6) is -0.262. The van der Waals surface area contributed by atoms with E-state index < -0.39 is 23.4 Å². The highest BCUT2D eigenvalue weighted by atomic mass is 19.4. The van der Waals surface area contributed by atoms with Crippen molar-refractivity contribution in [2.24, 2.45) is 15.4 Å². The Hall–Kier alpha value is -3.23. The molecule has 1 atom stereocenters. The summed E-state index contributed by atoms with van der Waals surface area (Å²) in [5.41, 5.74) is -2.68. The molecule has 0 aromatic heterocycles. The highest BCUT2D eigenvalue weighted by Gasteiger charge is 2.40. The molecule has 0 saturated heterocycles. The first-order chi connectivity index (χ1) is 12.3. The van der Waals surface area contributed by atoms with Crippen LogP contribution in [0.15, 0.2) is 57.9 Å². The van der Waals surface area contributed by atoms with Crippen molar-refractivity contribution in [1.29, 1.82) is 0 Å². The van der Waals surface area contributed by atoms with E-state index in [4.69, 9.17) is 4.74 Å². The molecular weight excluding hydrogens is 349 g/mol. The van der Waals surface area contributed by atoms with Gasteiger partial charge in [-0.15, -0.1) is 10.2 Å². The second-order valence-electron chi connectivity index (χ2n) is 5.44. The molecule has 6 nitrogen and oxygen atoms in total. The molecule has 1 N–H and O–H groups in total. The number of halogens is 3. The number of amides is 1. The van der Waals surface area contributed by atoms with Crippen molar-refractivity contribution in [2.75, 3.05) is 5.32 Å². The van der Waals surface area contributed by atoms with Gasteiger partial charge < -0.3 is 10.1 Å². The summed E-state index contributed by atoms with van der Waals surface area (Å²) in [5, 5.41) is 13.3. The third-order valence-corrected chi connectivity index (χ3v) is 3.42. The van der Waals surface area contributed by atoms with Crippen LogP contribution in [0.3, 0.4) is 0 Å². The van der Waals surface area contributed by atoms with Crippen LogP contribution in [0.4, 0.5) is 18.9 Å². The molecule has 26 heavy (non-hydrogen) atoms. The molecule has 0 spiro atoms. The van der Waals surface area contributed by atoms with Gasteiger partial charge >= 0.3 is 6.18 Å². The van der Waals surface area contributed by atoms with E-state index in [1.54, 1.807) is 24.3 Å². The van der Waals surface area contributed by atoms with Crippen molar-refractivity contribution in [3.8, 4) is 5.75 Å². The number of anilines is 1. The summed E-state index contributed by atoms with van der Waals surface area (Å²) >= 11 is 0. The number of benzene rings is 2. The van der Waals surface area contributed by atoms with Crippen molar-refractivity contribution in [1.82, 2.24) is 0 Å². The molecule has 2 aromatic rings. The van der Waals surface area contributed by atoms with E-state index in [0.717, 1.165) is 12.1 Å². The number of carbonyl (C=O) groups excluding carboxylic acids is 1. The van der Waals surface area contributed by atoms with Crippen LogP contribution in [0.1, 0.15) is 18.1 Å². The summed E-state index contributed by atoms with van der Waals surface area (Å²) in [4.78, 5) is 11.3. The summed E-state index contributed by atoms with van der Waals surface area (Å²) in [6.07, 6.45) is -3.45. The number of ether oxygens (including phenoxy) is 1. The Morgan fingerprint density at radius 1 is 1.27 bits per heavy atom. The Balaban J connectivity index is 2.10. The van der Waals surface area contributed by atoms with Crippen molar-refractivity contribution in [3.63, 3.8) is 0 Å². The van der Waals surface area contributed by atoms with E-state index in [2.05, 4.69) is 26.8 Å². The van der Waals surface area contributed by atoms with Crippen LogP contribution in [-0.2, 0) is 16.7 Å². The first-order valence-corrected chi connectivity index (χ1v) is 7.41. The van der Waals surface area contributed by atoms with Gasteiger partial charge in [0.1, 0.15) is 12.0 Å². The van der Waals surface area contributed by atoms with Gasteiger partial charge in [-0.1, -0.05) is 18.2 Å². The number of hydrogen-bond acceptors (Lipinski definition) is 5. The lowest BCUT2D eigenvalue weighted by Crippen LogP contribution is -2.31. The number of carbonyl (C=O) groups is 1. The predicted molar refractivity (Wildman–Crippen MR) is 86.7 cm³/mol. The molecule has 1 unspecified atom stereocenters. The molecule has 0 fully saturated rings. The summed E-state index contributed by atoms with van der Waals surface area (Å²) < 4.78 is 45.6. The van der Waals surface area contributed by atoms with Crippen molar-refractivity contribution < 1.29 is 22.7 Å². The Bertz CT molecular complexity index is 867. The summed E-state index contributed by atoms with van der Waals surface area (Å²) in [6, 6.07) is 12.4. The van der Waals surface area contributed by atoms with E-state index in [0.29, 0.717) is 0 Å². The van der Waals surface area contributed by atoms with Crippen LogP contribution in [0, 0.1) is 6.07 Å². The molecule has 1 aliphatic heterocycles. The third kappa shape index (κ3) is 3.71. The monoisotopic (exact) mass is 361 g/mol. The zero-order valence-electron chi connectivity index (χ0n) is 13.4. The number of hydrogen-bond donors (Lipinski definition) is 1. The van der Waals surface area contributed by atoms with Crippen LogP contribution in [-0.4, -0.2) is 12.1 Å². The number of alkyl halides is 3. The molecule has 0 aliphatic carbocycles. The Kier molecular flexibility index (Phi) is 4.45. The molecule has 1 radical (unpaired) electrons. The number of rotatable bonds is 4. The molecule has 0 bridgehead atoms. The zero-order valence-corrected chi connectivity index (χ0v) is 13.4. The maximum absolute atomic E-state index is 13.3. The average Bonchev–Trinajstić information content (AvgIpc) is 3.04. The average molecular weight is 361 g/mol. The molecule has 133 valence electrons. The Morgan fingerprint density at radius 3 is 2.65 bits per heavy atom. The van der Waals surface area contributed by atoms with Crippen molar-refractivity contribution >= 4 is 17.8 Å². The quantitative estimate of drug-likeness (QED) is 0.888. The molecular formula is C17H12F3N4O2. The summed E-state index contributed by atoms with van der Waals surface area (Å²) in [7, 11) is 0. The van der Waals surface area contributed by atoms with Gasteiger partial charge in [0.25, 0.3) is 5.72 Å². The fraction of sp³-hybridized carbons (Fsp3) is 0.176. The molecule has 9 heteroatoms. The molecule has 3 rings (SSSR count). The SMILES string of the molecule is CC(=O)Nc1cc(C(F)(F)F)cc(C2(Oc3[c]cccc3)C=NN=N2)c1. The van der Waals surface area contributed by atoms with E-state index in [-0.39, 0.29) is 17.0 Å². The van der Waals surface area contributed by atoms with Crippen LogP contribution in [0.5, 0.6) is 5.75 Å². The molecule has 1 heterocycles. The number of para-hydroxylation sites is 1. The first-order valence-electron chi connectivity index (χ1n) is 7.41. The molecule has 0 saturated carbocycles. The minimum absolute atomic E-state index is 0.0123. The normalized spacial score (nSPS) is 18.8. The van der Waals surface area contributed by atoms with Gasteiger partial charge in [-0.05, 0) is 29.5 Å². The zero-order chi connectivity index (χ0) is 18.8. The Morgan fingerprint density at radius 2 is 2.08 bits per heavy atom. The van der Waals surface area contributed by atoms with Crippen LogP contribution >= 0.6 is 0 Å². The standard InChI is InChI=1S/C17H12F3N4O2/c1-11(25)22-14-8-12(7-13(9-14)17(18,19)20)16(10-21-24-23-16)26-15-5-3-2-4-6-15/h2-5,7-10H,1H3,(H,22,25). The molecule has 1 amide bonds. The lowest BCUT2D eigenvalue weighted by atomic mass is 10.00. The number of nitrogens with zero attached hydrogens (tertiary/aromatic N) is 3. The van der Waals surface area contributed by atoms with E-state index in [9.17, 15) is 18.0 Å². The first kappa shape index (κ1) is 17.6. The van der Waals surface area contributed by atoms with Gasteiger partial charge in [-0.25, -0.2) is 0 Å². The van der Waals surface area contributed by atoms with Gasteiger partial charge in [0.15, 0.2) is 0 Å². The van der Waals surface area contributed by atoms with Gasteiger partial charge in [0, 0.05) is 24.2 Å². The van der Waals surface area contributed by atoms with E-state index >= 15 is 0 Å². The number of nitrogens with one attached hydrogen (secondary N) is 1. The minimum atomic E-state index is -4.63. The maximum atomic E-state index is 13.3. The lowest BCUT2D eigenvalue weighted by molar-refractivity contribution is -0.137. The minimum Gasteiger partial charge on any atom is -0.454 e. The predicted octanol–water partition coefficient (Wildman–Crippen LogP) is 4.15. The van der Waals surface area contributed by atoms with E-state index in [1.807, 2.05) is 0 Å². The van der Waals surface area contributed by atoms with Gasteiger partial charge in [-0.3, -0.25) is 4.79 Å². The second-order valence-corrected chi connectivity index (χ2v) is 5.44. The highest BCUT2D eigenvalue weighted by Crippen LogP contribution is 2.38. The smallest absolute Gasteiger partial charge is 0.416 e. The van der Waals surface area contributed by atoms with Crippen LogP contribution in [0.2, 0.25) is 0 Å². The second kappa shape index (κ2) is 6.58. The van der Waals surface area contributed by atoms with Gasteiger partial charge in [0.2, 0.25) is 5.91 Å². The van der Waals surface area contributed by atoms with Crippen molar-refractivity contribution in [2.45, 2.75) is 18.8 Å². The maximum Gasteiger partial charge on any atom is 0.416 e. The topological polar surface area (TPSA) is 75.4 Å². The largest absolute Gasteiger partial charge is 0.454 e. The van der Waals surface area contributed by atoms with Crippen LogP contribution < -0.4 is 10.1 Å². The molecule has 2 aromatic carbocycles. The Labute approximate surface area is 146 Å². The highest BCUT2D eigenvalue weighted by molar-refractivity contribution is 5.89. The van der Waals surface area contributed by atoms with Crippen LogP contribution in [0.25, 0.3) is 0 Å². The van der Waals surface area contributed by atoms with Crippen molar-refractivity contribution in [3.05, 3.63) is 59.7 Å². The lowest BCUT2D eigenvalue weighted by Gasteiger charge is -2.25. The third-order valence-electron chi connectivity index (χ3n) is 3.42. The molecule has 1 aliphatic rings. The summed E-state index contributed by atoms with van der Waals surface area (Å²) in [6.45, 7) is 1.20. The fourth-order valence-corrected chi connectivity index (χ4v) is 2.34.